The molecule has 33 heavy (non-hydrogen) atoms. The summed E-state index contributed by atoms with van der Waals surface area (Å²) in [5.41, 5.74) is 0.976. The van der Waals surface area contributed by atoms with Crippen molar-refractivity contribution in [2.24, 2.45) is 0 Å². The maximum Gasteiger partial charge on any atom is 0.416 e. The van der Waals surface area contributed by atoms with E-state index in [0.717, 1.165) is 17.7 Å². The Morgan fingerprint density at radius 1 is 0.788 bits per heavy atom. The predicted octanol–water partition coefficient (Wildman–Crippen LogP) is 6.49. The first-order valence-corrected chi connectivity index (χ1v) is 10.3. The van der Waals surface area contributed by atoms with Gasteiger partial charge in [-0.05, 0) is 53.5 Å². The highest BCUT2D eigenvalue weighted by molar-refractivity contribution is 6.28. The summed E-state index contributed by atoms with van der Waals surface area (Å²) in [6.45, 7) is 4.10. The maximum absolute atomic E-state index is 13.0. The summed E-state index contributed by atoms with van der Waals surface area (Å²) in [5, 5.41) is 5.05. The molecular formula is C26H23F3N2O2. The van der Waals surface area contributed by atoms with Gasteiger partial charge >= 0.3 is 6.18 Å². The highest BCUT2D eigenvalue weighted by Crippen LogP contribution is 2.30. The Labute approximate surface area is 190 Å². The van der Waals surface area contributed by atoms with Crippen LogP contribution in [-0.4, -0.2) is 11.8 Å². The van der Waals surface area contributed by atoms with Crippen molar-refractivity contribution in [3.05, 3.63) is 101 Å². The Hall–Kier alpha value is -3.87. The molecule has 0 spiro atoms. The third-order valence-corrected chi connectivity index (χ3v) is 4.88. The van der Waals surface area contributed by atoms with Gasteiger partial charge in [0.25, 0.3) is 11.8 Å². The molecule has 3 rings (SSSR count). The van der Waals surface area contributed by atoms with Gasteiger partial charge in [-0.3, -0.25) is 9.59 Å². The maximum atomic E-state index is 13.0. The van der Waals surface area contributed by atoms with Crippen LogP contribution in [0.4, 0.5) is 24.5 Å². The molecule has 0 saturated carbocycles. The molecule has 3 aromatic rings. The van der Waals surface area contributed by atoms with Crippen LogP contribution in [0, 0.1) is 0 Å². The molecule has 170 valence electrons. The summed E-state index contributed by atoms with van der Waals surface area (Å²) in [6.07, 6.45) is -3.15. The first-order valence-electron chi connectivity index (χ1n) is 10.3. The molecule has 0 fully saturated rings. The molecule has 0 aromatic heterocycles. The van der Waals surface area contributed by atoms with Gasteiger partial charge in [0.05, 0.1) is 5.56 Å². The van der Waals surface area contributed by atoms with Crippen molar-refractivity contribution in [1.82, 2.24) is 0 Å². The number of carbonyl (C=O) groups excluding carboxylic acids is 2. The minimum absolute atomic E-state index is 0.0663. The average molecular weight is 452 g/mol. The van der Waals surface area contributed by atoms with Gasteiger partial charge in [0, 0.05) is 11.4 Å². The first-order chi connectivity index (χ1) is 15.6. The number of rotatable bonds is 6. The zero-order valence-electron chi connectivity index (χ0n) is 18.1. The lowest BCUT2D eigenvalue weighted by Crippen LogP contribution is -2.25. The van der Waals surface area contributed by atoms with Gasteiger partial charge < -0.3 is 10.6 Å². The fraction of sp³-hybridized carbons (Fsp3) is 0.154. The molecular weight excluding hydrogens is 429 g/mol. The van der Waals surface area contributed by atoms with E-state index in [1.165, 1.54) is 18.2 Å². The number of amides is 2. The Bertz CT molecular complexity index is 1150. The van der Waals surface area contributed by atoms with Crippen molar-refractivity contribution in [1.29, 1.82) is 0 Å². The van der Waals surface area contributed by atoms with Gasteiger partial charge in [0.1, 0.15) is 5.57 Å². The smallest absolute Gasteiger partial charge is 0.322 e. The second-order valence-electron chi connectivity index (χ2n) is 7.73. The third kappa shape index (κ3) is 6.55. The van der Waals surface area contributed by atoms with Crippen LogP contribution in [0.1, 0.15) is 36.5 Å². The van der Waals surface area contributed by atoms with Crippen LogP contribution in [0.2, 0.25) is 0 Å². The molecule has 3 aromatic carbocycles. The molecule has 0 aliphatic rings. The number of carbonyl (C=O) groups is 2. The fourth-order valence-electron chi connectivity index (χ4n) is 3.07. The van der Waals surface area contributed by atoms with E-state index >= 15 is 0 Å². The Kier molecular flexibility index (Phi) is 7.33. The normalized spacial score (nSPS) is 11.9. The Balaban J connectivity index is 1.92. The van der Waals surface area contributed by atoms with Gasteiger partial charge in [0.15, 0.2) is 0 Å². The van der Waals surface area contributed by atoms with Crippen molar-refractivity contribution in [2.45, 2.75) is 25.9 Å². The second kappa shape index (κ2) is 10.2. The van der Waals surface area contributed by atoms with E-state index in [-0.39, 0.29) is 11.3 Å². The van der Waals surface area contributed by atoms with E-state index in [4.69, 9.17) is 0 Å². The zero-order chi connectivity index (χ0) is 24.0. The quantitative estimate of drug-likeness (QED) is 0.255. The van der Waals surface area contributed by atoms with E-state index in [9.17, 15) is 22.8 Å². The van der Waals surface area contributed by atoms with Gasteiger partial charge in [-0.2, -0.15) is 13.2 Å². The lowest BCUT2D eigenvalue weighted by atomic mass is 10.0. The molecule has 0 bridgehead atoms. The van der Waals surface area contributed by atoms with Gasteiger partial charge in [-0.1, -0.05) is 62.4 Å². The lowest BCUT2D eigenvalue weighted by molar-refractivity contribution is -0.137. The summed E-state index contributed by atoms with van der Waals surface area (Å²) in [4.78, 5) is 25.9. The molecule has 0 unspecified atom stereocenters. The number of para-hydroxylation sites is 1. The van der Waals surface area contributed by atoms with Crippen LogP contribution in [0.15, 0.2) is 84.4 Å². The molecule has 0 radical (unpaired) electrons. The zero-order valence-corrected chi connectivity index (χ0v) is 18.1. The predicted molar refractivity (Wildman–Crippen MR) is 124 cm³/mol. The van der Waals surface area contributed by atoms with E-state index in [0.29, 0.717) is 17.2 Å². The summed E-state index contributed by atoms with van der Waals surface area (Å²) < 4.78 is 39.1. The van der Waals surface area contributed by atoms with Crippen LogP contribution in [0.5, 0.6) is 0 Å². The van der Waals surface area contributed by atoms with Crippen LogP contribution in [-0.2, 0) is 15.8 Å². The van der Waals surface area contributed by atoms with Gasteiger partial charge in [-0.25, -0.2) is 0 Å². The summed E-state index contributed by atoms with van der Waals surface area (Å²) in [6, 6.07) is 20.2. The van der Waals surface area contributed by atoms with Crippen molar-refractivity contribution < 1.29 is 22.8 Å². The van der Waals surface area contributed by atoms with Crippen LogP contribution >= 0.6 is 0 Å². The van der Waals surface area contributed by atoms with Gasteiger partial charge in [-0.15, -0.1) is 0 Å². The average Bonchev–Trinajstić information content (AvgIpc) is 2.78. The van der Waals surface area contributed by atoms with E-state index < -0.39 is 23.6 Å². The molecule has 2 amide bonds. The van der Waals surface area contributed by atoms with Crippen molar-refractivity contribution in [3.63, 3.8) is 0 Å². The highest BCUT2D eigenvalue weighted by Gasteiger charge is 2.30. The molecule has 4 nitrogen and oxygen atoms in total. The lowest BCUT2D eigenvalue weighted by Gasteiger charge is -2.12. The SMILES string of the molecule is CC(C)c1ccc(/C=C(\C(=O)Nc2ccccc2)C(=O)Nc2cccc(C(F)(F)F)c2)cc1. The number of anilines is 2. The molecule has 0 saturated heterocycles. The molecule has 0 atom stereocenters. The van der Waals surface area contributed by atoms with E-state index in [2.05, 4.69) is 10.6 Å². The van der Waals surface area contributed by atoms with Crippen molar-refractivity contribution in [2.75, 3.05) is 10.6 Å². The monoisotopic (exact) mass is 452 g/mol. The van der Waals surface area contributed by atoms with Gasteiger partial charge in [0.2, 0.25) is 0 Å². The highest BCUT2D eigenvalue weighted by atomic mass is 19.4. The molecule has 0 aliphatic carbocycles. The van der Waals surface area contributed by atoms with Crippen molar-refractivity contribution in [3.8, 4) is 0 Å². The fourth-order valence-corrected chi connectivity index (χ4v) is 3.07. The number of alkyl halides is 3. The number of benzene rings is 3. The molecule has 0 heterocycles. The third-order valence-electron chi connectivity index (χ3n) is 4.88. The first kappa shape index (κ1) is 23.8. The topological polar surface area (TPSA) is 58.2 Å². The minimum atomic E-state index is -4.55. The summed E-state index contributed by atoms with van der Waals surface area (Å²) in [7, 11) is 0. The van der Waals surface area contributed by atoms with Crippen molar-refractivity contribution >= 4 is 29.3 Å². The Morgan fingerprint density at radius 3 is 1.94 bits per heavy atom. The van der Waals surface area contributed by atoms with E-state index in [1.54, 1.807) is 42.5 Å². The largest absolute Gasteiger partial charge is 0.416 e. The summed E-state index contributed by atoms with van der Waals surface area (Å²) >= 11 is 0. The van der Waals surface area contributed by atoms with E-state index in [1.807, 2.05) is 26.0 Å². The Morgan fingerprint density at radius 2 is 1.36 bits per heavy atom. The standard InChI is InChI=1S/C26H23F3N2O2/c1-17(2)19-13-11-18(12-14-19)15-23(24(32)30-21-8-4-3-5-9-21)25(33)31-22-10-6-7-20(16-22)26(27,28)29/h3-17H,1-2H3,(H,30,32)(H,31,33)/b23-15+. The number of nitrogens with one attached hydrogen (secondary N) is 2. The van der Waals surface area contributed by atoms with Crippen LogP contribution in [0.3, 0.4) is 0 Å². The second-order valence-corrected chi connectivity index (χ2v) is 7.73. The molecule has 7 heteroatoms. The number of halogens is 3. The number of hydrogen-bond donors (Lipinski definition) is 2. The number of hydrogen-bond acceptors (Lipinski definition) is 2. The minimum Gasteiger partial charge on any atom is -0.322 e. The van der Waals surface area contributed by atoms with Crippen LogP contribution in [0.25, 0.3) is 6.08 Å². The van der Waals surface area contributed by atoms with Crippen LogP contribution < -0.4 is 10.6 Å². The molecule has 0 aliphatic heterocycles. The summed E-state index contributed by atoms with van der Waals surface area (Å²) in [5.74, 6) is -1.19. The molecule has 2 N–H and O–H groups in total.